The molecule has 3 N–H and O–H groups in total. The summed E-state index contributed by atoms with van der Waals surface area (Å²) in [4.78, 5) is 20.6. The summed E-state index contributed by atoms with van der Waals surface area (Å²) >= 11 is 0. The number of fused-ring (bicyclic) bond motifs is 2. The van der Waals surface area contributed by atoms with Gasteiger partial charge in [-0.05, 0) is 54.7 Å². The zero-order valence-corrected chi connectivity index (χ0v) is 15.4. The number of nitrogens with one attached hydrogen (secondary N) is 3. The van der Waals surface area contributed by atoms with Crippen LogP contribution in [-0.4, -0.2) is 26.1 Å². The SMILES string of the molecule is O=C(Nc1n[nH]c2nc(Nc3cccc4c3CCC4)c(F)cc12)c1ccncc1. The number of aromatic nitrogens is 4. The molecule has 0 saturated carbocycles. The lowest BCUT2D eigenvalue weighted by Crippen LogP contribution is -2.12. The Morgan fingerprint density at radius 2 is 1.97 bits per heavy atom. The van der Waals surface area contributed by atoms with Crippen LogP contribution in [0.2, 0.25) is 0 Å². The lowest BCUT2D eigenvalue weighted by atomic mass is 10.1. The van der Waals surface area contributed by atoms with Crippen molar-refractivity contribution in [3.8, 4) is 0 Å². The van der Waals surface area contributed by atoms with Crippen LogP contribution in [-0.2, 0) is 12.8 Å². The first-order chi connectivity index (χ1) is 14.2. The Bertz CT molecular complexity index is 1220. The van der Waals surface area contributed by atoms with Gasteiger partial charge in [-0.2, -0.15) is 5.10 Å². The highest BCUT2D eigenvalue weighted by atomic mass is 19.1. The minimum atomic E-state index is -0.520. The average Bonchev–Trinajstić information content (AvgIpc) is 3.37. The molecule has 4 aromatic rings. The van der Waals surface area contributed by atoms with Gasteiger partial charge in [-0.15, -0.1) is 0 Å². The van der Waals surface area contributed by atoms with Crippen molar-refractivity contribution in [3.05, 3.63) is 71.3 Å². The van der Waals surface area contributed by atoms with Crippen molar-refractivity contribution < 1.29 is 9.18 Å². The fraction of sp³-hybridized carbons (Fsp3) is 0.143. The number of pyridine rings is 2. The van der Waals surface area contributed by atoms with Gasteiger partial charge in [0.25, 0.3) is 5.91 Å². The number of aromatic amines is 1. The molecule has 7 nitrogen and oxygen atoms in total. The molecule has 8 heteroatoms. The van der Waals surface area contributed by atoms with Gasteiger partial charge in [0, 0.05) is 23.6 Å². The van der Waals surface area contributed by atoms with Crippen molar-refractivity contribution in [1.29, 1.82) is 0 Å². The number of hydrogen-bond donors (Lipinski definition) is 3. The van der Waals surface area contributed by atoms with Crippen molar-refractivity contribution in [3.63, 3.8) is 0 Å². The van der Waals surface area contributed by atoms with Crippen LogP contribution in [0.15, 0.2) is 48.8 Å². The normalized spacial score (nSPS) is 12.7. The number of anilines is 3. The van der Waals surface area contributed by atoms with Crippen molar-refractivity contribution in [2.75, 3.05) is 10.6 Å². The van der Waals surface area contributed by atoms with Gasteiger partial charge in [0.2, 0.25) is 0 Å². The molecule has 1 aliphatic carbocycles. The van der Waals surface area contributed by atoms with E-state index in [1.54, 1.807) is 12.1 Å². The smallest absolute Gasteiger partial charge is 0.256 e. The topological polar surface area (TPSA) is 95.6 Å². The fourth-order valence-electron chi connectivity index (χ4n) is 3.65. The van der Waals surface area contributed by atoms with Gasteiger partial charge in [0.1, 0.15) is 0 Å². The molecule has 0 radical (unpaired) electrons. The minimum absolute atomic E-state index is 0.119. The molecule has 0 atom stereocenters. The largest absolute Gasteiger partial charge is 0.337 e. The van der Waals surface area contributed by atoms with Gasteiger partial charge in [-0.3, -0.25) is 14.9 Å². The van der Waals surface area contributed by atoms with E-state index in [1.807, 2.05) is 12.1 Å². The first-order valence-corrected chi connectivity index (χ1v) is 9.33. The first-order valence-electron chi connectivity index (χ1n) is 9.33. The highest BCUT2D eigenvalue weighted by Gasteiger charge is 2.18. The maximum atomic E-state index is 14.8. The predicted molar refractivity (Wildman–Crippen MR) is 108 cm³/mol. The van der Waals surface area contributed by atoms with Crippen LogP contribution in [0.5, 0.6) is 0 Å². The molecule has 144 valence electrons. The Balaban J connectivity index is 1.44. The predicted octanol–water partition coefficient (Wildman–Crippen LogP) is 3.98. The third-order valence-electron chi connectivity index (χ3n) is 5.08. The quantitative estimate of drug-likeness (QED) is 0.492. The summed E-state index contributed by atoms with van der Waals surface area (Å²) in [6.07, 6.45) is 6.16. The van der Waals surface area contributed by atoms with Crippen molar-refractivity contribution in [2.45, 2.75) is 19.3 Å². The van der Waals surface area contributed by atoms with E-state index >= 15 is 0 Å². The Hall–Kier alpha value is -3.81. The van der Waals surface area contributed by atoms with E-state index in [1.165, 1.54) is 29.6 Å². The highest BCUT2D eigenvalue weighted by Crippen LogP contribution is 2.32. The van der Waals surface area contributed by atoms with E-state index in [4.69, 9.17) is 0 Å². The van der Waals surface area contributed by atoms with Crippen LogP contribution in [0.4, 0.5) is 21.7 Å². The Kier molecular flexibility index (Phi) is 4.16. The molecule has 0 saturated heterocycles. The van der Waals surface area contributed by atoms with Crippen LogP contribution < -0.4 is 10.6 Å². The number of benzene rings is 1. The van der Waals surface area contributed by atoms with Crippen LogP contribution >= 0.6 is 0 Å². The number of aryl methyl sites for hydroxylation is 1. The molecular weight excluding hydrogens is 371 g/mol. The second kappa shape index (κ2) is 6.97. The van der Waals surface area contributed by atoms with E-state index in [2.05, 4.69) is 36.9 Å². The molecule has 29 heavy (non-hydrogen) atoms. The van der Waals surface area contributed by atoms with Crippen molar-refractivity contribution in [1.82, 2.24) is 20.2 Å². The van der Waals surface area contributed by atoms with Gasteiger partial charge in [-0.1, -0.05) is 12.1 Å². The maximum Gasteiger partial charge on any atom is 0.256 e. The number of amides is 1. The van der Waals surface area contributed by atoms with Crippen LogP contribution in [0.3, 0.4) is 0 Å². The second-order valence-electron chi connectivity index (χ2n) is 6.90. The number of carbonyl (C=O) groups excluding carboxylic acids is 1. The summed E-state index contributed by atoms with van der Waals surface area (Å²) in [6, 6.07) is 10.5. The third-order valence-corrected chi connectivity index (χ3v) is 5.08. The summed E-state index contributed by atoms with van der Waals surface area (Å²) in [6.45, 7) is 0. The van der Waals surface area contributed by atoms with Gasteiger partial charge in [0.15, 0.2) is 23.1 Å². The van der Waals surface area contributed by atoms with Gasteiger partial charge in [0.05, 0.1) is 5.39 Å². The van der Waals surface area contributed by atoms with Crippen LogP contribution in [0.25, 0.3) is 11.0 Å². The number of rotatable bonds is 4. The fourth-order valence-corrected chi connectivity index (χ4v) is 3.65. The molecule has 3 heterocycles. The van der Waals surface area contributed by atoms with E-state index < -0.39 is 5.82 Å². The standard InChI is InChI=1S/C21H17FN6O/c22-16-11-15-18(27-28-19(15)26-21(29)13-7-9-23-10-8-13)25-20(16)24-17-6-2-4-12-3-1-5-14(12)17/h2,4,6-11H,1,3,5H2,(H3,24,25,26,27,28,29). The molecule has 5 rings (SSSR count). The lowest BCUT2D eigenvalue weighted by molar-refractivity contribution is 0.102. The molecule has 1 aromatic carbocycles. The van der Waals surface area contributed by atoms with Gasteiger partial charge >= 0.3 is 0 Å². The van der Waals surface area contributed by atoms with E-state index in [-0.39, 0.29) is 17.5 Å². The van der Waals surface area contributed by atoms with Crippen LogP contribution in [0, 0.1) is 5.82 Å². The third kappa shape index (κ3) is 3.18. The number of halogens is 1. The van der Waals surface area contributed by atoms with E-state index in [0.29, 0.717) is 16.6 Å². The molecule has 0 spiro atoms. The molecule has 1 aliphatic rings. The molecule has 3 aromatic heterocycles. The van der Waals surface area contributed by atoms with Crippen molar-refractivity contribution >= 4 is 34.3 Å². The number of nitrogens with zero attached hydrogens (tertiary/aromatic N) is 3. The summed E-state index contributed by atoms with van der Waals surface area (Å²) in [5, 5.41) is 13.0. The monoisotopic (exact) mass is 388 g/mol. The number of hydrogen-bond acceptors (Lipinski definition) is 5. The summed E-state index contributed by atoms with van der Waals surface area (Å²) < 4.78 is 14.8. The first kappa shape index (κ1) is 17.3. The number of carbonyl (C=O) groups is 1. The van der Waals surface area contributed by atoms with E-state index in [0.717, 1.165) is 24.9 Å². The van der Waals surface area contributed by atoms with Crippen molar-refractivity contribution in [2.24, 2.45) is 0 Å². The van der Waals surface area contributed by atoms with Gasteiger partial charge in [-0.25, -0.2) is 9.37 Å². The lowest BCUT2D eigenvalue weighted by Gasteiger charge is -2.11. The maximum absolute atomic E-state index is 14.8. The summed E-state index contributed by atoms with van der Waals surface area (Å²) in [5.74, 6) is -0.536. The second-order valence-corrected chi connectivity index (χ2v) is 6.90. The Morgan fingerprint density at radius 3 is 2.83 bits per heavy atom. The Labute approximate surface area is 165 Å². The highest BCUT2D eigenvalue weighted by molar-refractivity contribution is 6.07. The molecule has 0 aliphatic heterocycles. The molecular formula is C21H17FN6O. The number of H-pyrrole nitrogens is 1. The Morgan fingerprint density at radius 1 is 1.10 bits per heavy atom. The molecule has 1 amide bonds. The van der Waals surface area contributed by atoms with E-state index in [9.17, 15) is 9.18 Å². The molecule has 0 unspecified atom stereocenters. The molecule has 0 bridgehead atoms. The van der Waals surface area contributed by atoms with Crippen LogP contribution in [0.1, 0.15) is 27.9 Å². The molecule has 0 fully saturated rings. The zero-order chi connectivity index (χ0) is 19.8. The summed E-state index contributed by atoms with van der Waals surface area (Å²) in [7, 11) is 0. The zero-order valence-electron chi connectivity index (χ0n) is 15.4. The van der Waals surface area contributed by atoms with Gasteiger partial charge < -0.3 is 10.6 Å². The summed E-state index contributed by atoms with van der Waals surface area (Å²) in [5.41, 5.74) is 4.19. The minimum Gasteiger partial charge on any atom is -0.337 e. The average molecular weight is 388 g/mol.